The third-order valence-corrected chi connectivity index (χ3v) is 4.52. The van der Waals surface area contributed by atoms with E-state index in [4.69, 9.17) is 4.74 Å². The molecule has 1 saturated heterocycles. The van der Waals surface area contributed by atoms with Crippen LogP contribution in [-0.2, 0) is 11.3 Å². The largest absolute Gasteiger partial charge is 0.373 e. The van der Waals surface area contributed by atoms with Gasteiger partial charge in [0.15, 0.2) is 0 Å². The molecule has 8 nitrogen and oxygen atoms in total. The summed E-state index contributed by atoms with van der Waals surface area (Å²) in [4.78, 5) is 14.5. The Labute approximate surface area is 157 Å². The number of rotatable bonds is 4. The average molecular weight is 366 g/mol. The van der Waals surface area contributed by atoms with Crippen LogP contribution >= 0.6 is 0 Å². The van der Waals surface area contributed by atoms with Crippen molar-refractivity contribution in [3.8, 4) is 11.3 Å². The van der Waals surface area contributed by atoms with Gasteiger partial charge in [-0.3, -0.25) is 9.78 Å². The summed E-state index contributed by atoms with van der Waals surface area (Å²) in [6.07, 6.45) is 5.34. The summed E-state index contributed by atoms with van der Waals surface area (Å²) >= 11 is 0. The predicted octanol–water partition coefficient (Wildman–Crippen LogP) is 2.51. The number of ether oxygens (including phenoxy) is 1. The van der Waals surface area contributed by atoms with Crippen molar-refractivity contribution in [1.82, 2.24) is 24.9 Å². The molecule has 1 fully saturated rings. The third-order valence-electron chi connectivity index (χ3n) is 4.52. The molecule has 0 saturated carbocycles. The van der Waals surface area contributed by atoms with Gasteiger partial charge < -0.3 is 15.0 Å². The molecule has 0 radical (unpaired) electrons. The molecule has 140 valence electrons. The second-order valence-electron chi connectivity index (χ2n) is 6.63. The van der Waals surface area contributed by atoms with Crippen LogP contribution in [0.5, 0.6) is 0 Å². The molecule has 3 heterocycles. The monoisotopic (exact) mass is 366 g/mol. The number of urea groups is 1. The minimum absolute atomic E-state index is 0.0817. The minimum atomic E-state index is -0.154. The van der Waals surface area contributed by atoms with E-state index in [1.54, 1.807) is 11.1 Å². The van der Waals surface area contributed by atoms with E-state index in [0.717, 1.165) is 16.8 Å². The molecule has 27 heavy (non-hydrogen) atoms. The lowest BCUT2D eigenvalue weighted by atomic mass is 10.1. The molecule has 2 N–H and O–H groups in total. The highest BCUT2D eigenvalue weighted by atomic mass is 16.5. The van der Waals surface area contributed by atoms with E-state index in [2.05, 4.69) is 20.6 Å². The van der Waals surface area contributed by atoms with Crippen molar-refractivity contribution < 1.29 is 9.53 Å². The van der Waals surface area contributed by atoms with E-state index in [9.17, 15) is 4.79 Å². The zero-order chi connectivity index (χ0) is 18.6. The number of amides is 2. The summed E-state index contributed by atoms with van der Waals surface area (Å²) in [5, 5.41) is 14.3. The number of aromatic amines is 1. The maximum absolute atomic E-state index is 12.7. The number of anilines is 1. The van der Waals surface area contributed by atoms with Gasteiger partial charge in [-0.25, -0.2) is 4.79 Å². The number of H-pyrrole nitrogens is 1. The van der Waals surface area contributed by atoms with E-state index in [0.29, 0.717) is 31.9 Å². The lowest BCUT2D eigenvalue weighted by molar-refractivity contribution is -0.0219. The number of hydrogen-bond donors (Lipinski definition) is 2. The third kappa shape index (κ3) is 4.01. The molecule has 1 unspecified atom stereocenters. The number of morpholine rings is 1. The number of aromatic nitrogens is 4. The van der Waals surface area contributed by atoms with Crippen molar-refractivity contribution in [1.29, 1.82) is 0 Å². The van der Waals surface area contributed by atoms with Crippen LogP contribution in [0.25, 0.3) is 11.3 Å². The highest BCUT2D eigenvalue weighted by molar-refractivity contribution is 5.93. The summed E-state index contributed by atoms with van der Waals surface area (Å²) < 4.78 is 7.65. The van der Waals surface area contributed by atoms with Crippen LogP contribution in [0.15, 0.2) is 48.9 Å². The summed E-state index contributed by atoms with van der Waals surface area (Å²) in [7, 11) is 0. The van der Waals surface area contributed by atoms with Crippen LogP contribution in [0.1, 0.15) is 5.56 Å². The van der Waals surface area contributed by atoms with Crippen molar-refractivity contribution in [3.05, 3.63) is 54.5 Å². The zero-order valence-corrected chi connectivity index (χ0v) is 15.1. The number of benzene rings is 1. The summed E-state index contributed by atoms with van der Waals surface area (Å²) in [5.74, 6) is 0. The molecular weight excluding hydrogens is 344 g/mol. The predicted molar refractivity (Wildman–Crippen MR) is 101 cm³/mol. The van der Waals surface area contributed by atoms with Crippen LogP contribution < -0.4 is 5.32 Å². The first-order valence-corrected chi connectivity index (χ1v) is 8.94. The van der Waals surface area contributed by atoms with Gasteiger partial charge in [-0.1, -0.05) is 30.3 Å². The van der Waals surface area contributed by atoms with Crippen molar-refractivity contribution in [2.45, 2.75) is 19.6 Å². The van der Waals surface area contributed by atoms with Crippen LogP contribution in [0.4, 0.5) is 10.5 Å². The normalized spacial score (nSPS) is 17.1. The molecule has 2 amide bonds. The molecule has 1 aliphatic rings. The Morgan fingerprint density at radius 3 is 2.96 bits per heavy atom. The standard InChI is InChI=1S/C19H22N6O2/c1-14-9-21-25(11-14)13-16-12-24(7-8-27-16)19(26)22-17-10-20-23-18(17)15-5-3-2-4-6-15/h2-6,9-11,16H,7-8,12-13H2,1H3,(H,20,23)(H,22,26). The Hall–Kier alpha value is -3.13. The molecule has 3 aromatic rings. The number of hydrogen-bond acceptors (Lipinski definition) is 4. The fourth-order valence-electron chi connectivity index (χ4n) is 3.19. The highest BCUT2D eigenvalue weighted by Crippen LogP contribution is 2.25. The summed E-state index contributed by atoms with van der Waals surface area (Å²) in [6.45, 7) is 4.20. The number of carbonyl (C=O) groups is 1. The molecular formula is C19H22N6O2. The van der Waals surface area contributed by atoms with Crippen molar-refractivity contribution in [2.75, 3.05) is 25.0 Å². The molecule has 2 aromatic heterocycles. The second kappa shape index (κ2) is 7.63. The number of carbonyl (C=O) groups excluding carboxylic acids is 1. The van der Waals surface area contributed by atoms with Gasteiger partial charge in [0.1, 0.15) is 0 Å². The van der Waals surface area contributed by atoms with Crippen LogP contribution in [0.2, 0.25) is 0 Å². The van der Waals surface area contributed by atoms with Crippen molar-refractivity contribution in [3.63, 3.8) is 0 Å². The van der Waals surface area contributed by atoms with Gasteiger partial charge >= 0.3 is 6.03 Å². The first kappa shape index (κ1) is 17.3. The fourth-order valence-corrected chi connectivity index (χ4v) is 3.19. The quantitative estimate of drug-likeness (QED) is 0.743. The lowest BCUT2D eigenvalue weighted by Crippen LogP contribution is -2.48. The Balaban J connectivity index is 1.41. The van der Waals surface area contributed by atoms with E-state index >= 15 is 0 Å². The Kier molecular flexibility index (Phi) is 4.88. The molecule has 0 aliphatic carbocycles. The van der Waals surface area contributed by atoms with Gasteiger partial charge in [-0.2, -0.15) is 10.2 Å². The van der Waals surface area contributed by atoms with E-state index in [1.807, 2.05) is 54.3 Å². The van der Waals surface area contributed by atoms with Crippen LogP contribution in [0.3, 0.4) is 0 Å². The molecule has 8 heteroatoms. The van der Waals surface area contributed by atoms with E-state index in [-0.39, 0.29) is 12.1 Å². The Morgan fingerprint density at radius 2 is 2.19 bits per heavy atom. The number of aryl methyl sites for hydroxylation is 1. The lowest BCUT2D eigenvalue weighted by Gasteiger charge is -2.32. The van der Waals surface area contributed by atoms with E-state index in [1.165, 1.54) is 0 Å². The maximum atomic E-state index is 12.7. The van der Waals surface area contributed by atoms with Crippen molar-refractivity contribution >= 4 is 11.7 Å². The van der Waals surface area contributed by atoms with E-state index < -0.39 is 0 Å². The van der Waals surface area contributed by atoms with Gasteiger partial charge in [-0.15, -0.1) is 0 Å². The average Bonchev–Trinajstić information content (AvgIpc) is 3.31. The molecule has 4 rings (SSSR count). The van der Waals surface area contributed by atoms with Gasteiger partial charge in [0.05, 0.1) is 49.6 Å². The second-order valence-corrected chi connectivity index (χ2v) is 6.63. The van der Waals surface area contributed by atoms with Gasteiger partial charge in [0, 0.05) is 18.3 Å². The Morgan fingerprint density at radius 1 is 1.33 bits per heavy atom. The van der Waals surface area contributed by atoms with Gasteiger partial charge in [0.25, 0.3) is 0 Å². The zero-order valence-electron chi connectivity index (χ0n) is 15.1. The first-order valence-electron chi connectivity index (χ1n) is 8.94. The number of nitrogens with zero attached hydrogens (tertiary/aromatic N) is 4. The molecule has 0 bridgehead atoms. The van der Waals surface area contributed by atoms with Crippen LogP contribution in [-0.4, -0.2) is 56.7 Å². The molecule has 1 aromatic carbocycles. The Bertz CT molecular complexity index is 904. The molecule has 0 spiro atoms. The maximum Gasteiger partial charge on any atom is 0.322 e. The van der Waals surface area contributed by atoms with Gasteiger partial charge in [0.2, 0.25) is 0 Å². The minimum Gasteiger partial charge on any atom is -0.373 e. The fraction of sp³-hybridized carbons (Fsp3) is 0.316. The van der Waals surface area contributed by atoms with Gasteiger partial charge in [-0.05, 0) is 12.5 Å². The SMILES string of the molecule is Cc1cnn(CC2CN(C(=O)Nc3cn[nH]c3-c3ccccc3)CCO2)c1. The topological polar surface area (TPSA) is 88.1 Å². The molecule has 1 aliphatic heterocycles. The summed E-state index contributed by atoms with van der Waals surface area (Å²) in [5.41, 5.74) is 3.53. The van der Waals surface area contributed by atoms with Crippen LogP contribution in [0, 0.1) is 6.92 Å². The first-order chi connectivity index (χ1) is 13.2. The van der Waals surface area contributed by atoms with Crippen molar-refractivity contribution in [2.24, 2.45) is 0 Å². The highest BCUT2D eigenvalue weighted by Gasteiger charge is 2.25. The smallest absolute Gasteiger partial charge is 0.322 e. The molecule has 1 atom stereocenters. The summed E-state index contributed by atoms with van der Waals surface area (Å²) in [6, 6.07) is 9.64. The number of nitrogens with one attached hydrogen (secondary N) is 2.